The van der Waals surface area contributed by atoms with Gasteiger partial charge >= 0.3 is 5.97 Å². The maximum atomic E-state index is 12.7. The highest BCUT2D eigenvalue weighted by Crippen LogP contribution is 2.32. The number of esters is 1. The lowest BCUT2D eigenvalue weighted by Crippen LogP contribution is -2.30. The first-order chi connectivity index (χ1) is 13.9. The molecule has 2 aromatic carbocycles. The topological polar surface area (TPSA) is 120 Å². The predicted octanol–water partition coefficient (Wildman–Crippen LogP) is 1.55. The first-order valence-corrected chi connectivity index (χ1v) is 10.2. The van der Waals surface area contributed by atoms with Crippen molar-refractivity contribution in [3.05, 3.63) is 48.0 Å². The van der Waals surface area contributed by atoms with Crippen molar-refractivity contribution >= 4 is 27.6 Å². The highest BCUT2D eigenvalue weighted by atomic mass is 32.2. The number of carbonyl (C=O) groups is 2. The van der Waals surface area contributed by atoms with E-state index in [2.05, 4.69) is 14.8 Å². The normalized spacial score (nSPS) is 13.1. The quantitative estimate of drug-likeness (QED) is 0.681. The second-order valence-electron chi connectivity index (χ2n) is 6.10. The number of anilines is 1. The Balaban J connectivity index is 1.70. The average molecular weight is 420 g/mol. The molecule has 2 aromatic rings. The minimum Gasteiger partial charge on any atom is -0.490 e. The smallest absolute Gasteiger partial charge is 0.325 e. The molecule has 154 valence electrons. The van der Waals surface area contributed by atoms with Crippen LogP contribution in [0.2, 0.25) is 0 Å². The summed E-state index contributed by atoms with van der Waals surface area (Å²) in [6.07, 6.45) is 0.717. The monoisotopic (exact) mass is 420 g/mol. The lowest BCUT2D eigenvalue weighted by Gasteiger charge is -2.12. The Morgan fingerprint density at radius 1 is 1.03 bits per heavy atom. The highest BCUT2D eigenvalue weighted by molar-refractivity contribution is 7.92. The Bertz CT molecular complexity index is 1000. The molecule has 0 atom stereocenters. The van der Waals surface area contributed by atoms with Gasteiger partial charge in [-0.3, -0.25) is 14.3 Å². The van der Waals surface area contributed by atoms with Crippen LogP contribution >= 0.6 is 0 Å². The maximum absolute atomic E-state index is 12.7. The summed E-state index contributed by atoms with van der Waals surface area (Å²) in [4.78, 5) is 23.1. The van der Waals surface area contributed by atoms with Crippen LogP contribution in [0, 0.1) is 0 Å². The number of hydrogen-bond acceptors (Lipinski definition) is 7. The van der Waals surface area contributed by atoms with E-state index in [1.807, 2.05) is 0 Å². The second kappa shape index (κ2) is 8.82. The number of benzene rings is 2. The van der Waals surface area contributed by atoms with Crippen LogP contribution in [0.15, 0.2) is 47.4 Å². The summed E-state index contributed by atoms with van der Waals surface area (Å²) in [7, 11) is -2.64. The van der Waals surface area contributed by atoms with Gasteiger partial charge in [-0.15, -0.1) is 0 Å². The molecule has 9 nitrogen and oxygen atoms in total. The van der Waals surface area contributed by atoms with Gasteiger partial charge in [0.25, 0.3) is 15.9 Å². The summed E-state index contributed by atoms with van der Waals surface area (Å²) in [5.74, 6) is -0.169. The fourth-order valence-electron chi connectivity index (χ4n) is 2.54. The molecular weight excluding hydrogens is 400 g/mol. The molecule has 2 N–H and O–H groups in total. The highest BCUT2D eigenvalue weighted by Gasteiger charge is 2.19. The summed E-state index contributed by atoms with van der Waals surface area (Å²) < 4.78 is 43.3. The summed E-state index contributed by atoms with van der Waals surface area (Å²) in [5, 5.41) is 2.40. The van der Waals surface area contributed by atoms with Gasteiger partial charge in [0, 0.05) is 23.7 Å². The maximum Gasteiger partial charge on any atom is 0.325 e. The molecule has 1 heterocycles. The second-order valence-corrected chi connectivity index (χ2v) is 7.78. The standard InChI is InChI=1S/C19H20N2O7S/c1-26-18(22)12-20-19(23)13-3-5-14(6-4-13)21-29(24,25)15-7-8-16-17(11-15)28-10-2-9-27-16/h3-8,11,21H,2,9-10,12H2,1H3,(H,20,23). The lowest BCUT2D eigenvalue weighted by molar-refractivity contribution is -0.139. The molecule has 0 spiro atoms. The Morgan fingerprint density at radius 3 is 2.41 bits per heavy atom. The Labute approximate surface area is 168 Å². The number of sulfonamides is 1. The van der Waals surface area contributed by atoms with E-state index in [-0.39, 0.29) is 22.7 Å². The van der Waals surface area contributed by atoms with E-state index in [0.29, 0.717) is 31.1 Å². The van der Waals surface area contributed by atoms with Gasteiger partial charge in [-0.2, -0.15) is 0 Å². The van der Waals surface area contributed by atoms with Crippen LogP contribution in [0.3, 0.4) is 0 Å². The zero-order chi connectivity index (χ0) is 20.9. The molecule has 1 aliphatic heterocycles. The largest absolute Gasteiger partial charge is 0.490 e. The fourth-order valence-corrected chi connectivity index (χ4v) is 3.61. The number of ether oxygens (including phenoxy) is 3. The van der Waals surface area contributed by atoms with Crippen molar-refractivity contribution < 1.29 is 32.2 Å². The van der Waals surface area contributed by atoms with Crippen molar-refractivity contribution in [2.75, 3.05) is 31.6 Å². The molecule has 10 heteroatoms. The Morgan fingerprint density at radius 2 is 1.72 bits per heavy atom. The summed E-state index contributed by atoms with van der Waals surface area (Å²) >= 11 is 0. The van der Waals surface area contributed by atoms with E-state index < -0.39 is 21.9 Å². The summed E-state index contributed by atoms with van der Waals surface area (Å²) in [6, 6.07) is 10.2. The molecule has 1 aliphatic rings. The first kappa shape index (κ1) is 20.5. The van der Waals surface area contributed by atoms with Crippen molar-refractivity contribution in [2.24, 2.45) is 0 Å². The third kappa shape index (κ3) is 5.17. The lowest BCUT2D eigenvalue weighted by atomic mass is 10.2. The third-order valence-electron chi connectivity index (χ3n) is 4.05. The van der Waals surface area contributed by atoms with Crippen molar-refractivity contribution in [3.8, 4) is 11.5 Å². The predicted molar refractivity (Wildman–Crippen MR) is 104 cm³/mol. The third-order valence-corrected chi connectivity index (χ3v) is 5.43. The van der Waals surface area contributed by atoms with Gasteiger partial charge in [0.2, 0.25) is 0 Å². The number of nitrogens with one attached hydrogen (secondary N) is 2. The molecule has 0 fully saturated rings. The molecule has 29 heavy (non-hydrogen) atoms. The number of rotatable bonds is 6. The van der Waals surface area contributed by atoms with Crippen molar-refractivity contribution in [1.29, 1.82) is 0 Å². The molecule has 0 saturated carbocycles. The molecular formula is C19H20N2O7S. The average Bonchev–Trinajstić information content (AvgIpc) is 2.96. The van der Waals surface area contributed by atoms with Gasteiger partial charge in [0.15, 0.2) is 11.5 Å². The zero-order valence-electron chi connectivity index (χ0n) is 15.6. The van der Waals surface area contributed by atoms with E-state index in [9.17, 15) is 18.0 Å². The van der Waals surface area contributed by atoms with Gasteiger partial charge in [0.05, 0.1) is 25.2 Å². The number of amides is 1. The SMILES string of the molecule is COC(=O)CNC(=O)c1ccc(NS(=O)(=O)c2ccc3c(c2)OCCCO3)cc1. The van der Waals surface area contributed by atoms with E-state index >= 15 is 0 Å². The van der Waals surface area contributed by atoms with Crippen LogP contribution in [0.25, 0.3) is 0 Å². The molecule has 0 unspecified atom stereocenters. The van der Waals surface area contributed by atoms with Crippen molar-refractivity contribution in [3.63, 3.8) is 0 Å². The van der Waals surface area contributed by atoms with Gasteiger partial charge < -0.3 is 19.5 Å². The van der Waals surface area contributed by atoms with Crippen LogP contribution in [-0.4, -0.2) is 47.2 Å². The number of methoxy groups -OCH3 is 1. The minimum absolute atomic E-state index is 0.0293. The van der Waals surface area contributed by atoms with Gasteiger partial charge in [-0.1, -0.05) is 0 Å². The van der Waals surface area contributed by atoms with Crippen molar-refractivity contribution in [1.82, 2.24) is 5.32 Å². The van der Waals surface area contributed by atoms with E-state index in [1.165, 1.54) is 43.5 Å². The van der Waals surface area contributed by atoms with Gasteiger partial charge in [-0.05, 0) is 36.4 Å². The van der Waals surface area contributed by atoms with E-state index in [0.717, 1.165) is 0 Å². The first-order valence-electron chi connectivity index (χ1n) is 8.76. The van der Waals surface area contributed by atoms with Crippen LogP contribution in [0.4, 0.5) is 5.69 Å². The van der Waals surface area contributed by atoms with Gasteiger partial charge in [0.1, 0.15) is 6.54 Å². The molecule has 3 rings (SSSR count). The molecule has 0 aromatic heterocycles. The molecule has 0 aliphatic carbocycles. The zero-order valence-corrected chi connectivity index (χ0v) is 16.5. The molecule has 0 radical (unpaired) electrons. The van der Waals surface area contributed by atoms with Gasteiger partial charge in [-0.25, -0.2) is 8.42 Å². The van der Waals surface area contributed by atoms with E-state index in [4.69, 9.17) is 9.47 Å². The van der Waals surface area contributed by atoms with Crippen LogP contribution in [0.5, 0.6) is 11.5 Å². The van der Waals surface area contributed by atoms with Crippen LogP contribution in [-0.2, 0) is 19.6 Å². The summed E-state index contributed by atoms with van der Waals surface area (Å²) in [5.41, 5.74) is 0.550. The number of hydrogen-bond donors (Lipinski definition) is 2. The van der Waals surface area contributed by atoms with Crippen LogP contribution < -0.4 is 19.5 Å². The number of carbonyl (C=O) groups excluding carboxylic acids is 2. The minimum atomic E-state index is -3.86. The molecule has 0 saturated heterocycles. The molecule has 1 amide bonds. The fraction of sp³-hybridized carbons (Fsp3) is 0.263. The molecule has 0 bridgehead atoms. The van der Waals surface area contributed by atoms with Crippen LogP contribution in [0.1, 0.15) is 16.8 Å². The van der Waals surface area contributed by atoms with E-state index in [1.54, 1.807) is 6.07 Å². The van der Waals surface area contributed by atoms with Crippen molar-refractivity contribution in [2.45, 2.75) is 11.3 Å². The summed E-state index contributed by atoms with van der Waals surface area (Å²) in [6.45, 7) is 0.703. The number of fused-ring (bicyclic) bond motifs is 1. The Hall–Kier alpha value is -3.27. The Kier molecular flexibility index (Phi) is 6.23.